The molecule has 0 radical (unpaired) electrons. The molecule has 21 heavy (non-hydrogen) atoms. The number of amides is 1. The van der Waals surface area contributed by atoms with Gasteiger partial charge in [-0.05, 0) is 18.6 Å². The van der Waals surface area contributed by atoms with Crippen LogP contribution in [0, 0.1) is 6.92 Å². The Kier molecular flexibility index (Phi) is 3.79. The van der Waals surface area contributed by atoms with Crippen LogP contribution in [0.15, 0.2) is 46.5 Å². The molecule has 6 heteroatoms. The fourth-order valence-electron chi connectivity index (χ4n) is 2.37. The minimum absolute atomic E-state index is 0.0847. The molecule has 5 nitrogen and oxygen atoms in total. The maximum Gasteiger partial charge on any atom is 0.254 e. The van der Waals surface area contributed by atoms with E-state index in [0.717, 1.165) is 11.3 Å². The molecule has 1 atom stereocenters. The number of nitrogens with one attached hydrogen (secondary N) is 1. The van der Waals surface area contributed by atoms with E-state index in [1.165, 1.54) is 24.0 Å². The van der Waals surface area contributed by atoms with Crippen LogP contribution in [0.5, 0.6) is 0 Å². The lowest BCUT2D eigenvalue weighted by molar-refractivity contribution is -0.116. The largest absolute Gasteiger partial charge is 0.326 e. The van der Waals surface area contributed by atoms with Crippen LogP contribution in [0.4, 0.5) is 5.69 Å². The van der Waals surface area contributed by atoms with E-state index in [0.29, 0.717) is 10.9 Å². The van der Waals surface area contributed by atoms with Crippen molar-refractivity contribution in [2.45, 2.75) is 24.5 Å². The van der Waals surface area contributed by atoms with E-state index in [4.69, 9.17) is 0 Å². The van der Waals surface area contributed by atoms with Crippen LogP contribution in [0.3, 0.4) is 0 Å². The Morgan fingerprint density at radius 3 is 3.05 bits per heavy atom. The number of thioether (sulfide) groups is 1. The second-order valence-corrected chi connectivity index (χ2v) is 5.95. The minimum Gasteiger partial charge on any atom is -0.326 e. The number of aromatic nitrogens is 2. The van der Waals surface area contributed by atoms with E-state index in [1.807, 2.05) is 31.2 Å². The van der Waals surface area contributed by atoms with Gasteiger partial charge in [0.05, 0.1) is 6.04 Å². The number of hydrogen-bond donors (Lipinski definition) is 1. The zero-order valence-corrected chi connectivity index (χ0v) is 12.4. The zero-order chi connectivity index (χ0) is 14.8. The first kappa shape index (κ1) is 13.9. The van der Waals surface area contributed by atoms with E-state index < -0.39 is 0 Å². The van der Waals surface area contributed by atoms with Crippen molar-refractivity contribution in [1.29, 1.82) is 0 Å². The Morgan fingerprint density at radius 1 is 1.43 bits per heavy atom. The number of hydrogen-bond acceptors (Lipinski definition) is 4. The second-order valence-electron chi connectivity index (χ2n) is 4.97. The number of carbonyl (C=O) groups is 1. The minimum atomic E-state index is -0.129. The summed E-state index contributed by atoms with van der Waals surface area (Å²) >= 11 is 1.51. The highest BCUT2D eigenvalue weighted by Crippen LogP contribution is 2.31. The first-order chi connectivity index (χ1) is 10.1. The van der Waals surface area contributed by atoms with Gasteiger partial charge in [0.1, 0.15) is 0 Å². The quantitative estimate of drug-likeness (QED) is 0.883. The van der Waals surface area contributed by atoms with Gasteiger partial charge in [-0.25, -0.2) is 4.98 Å². The highest BCUT2D eigenvalue weighted by atomic mass is 32.2. The molecule has 108 valence electrons. The smallest absolute Gasteiger partial charge is 0.254 e. The lowest BCUT2D eigenvalue weighted by Crippen LogP contribution is -2.27. The van der Waals surface area contributed by atoms with Crippen LogP contribution in [-0.4, -0.2) is 21.2 Å². The van der Waals surface area contributed by atoms with Crippen LogP contribution in [0.1, 0.15) is 18.0 Å². The van der Waals surface area contributed by atoms with Gasteiger partial charge in [-0.15, -0.1) is 0 Å². The van der Waals surface area contributed by atoms with Crippen molar-refractivity contribution >= 4 is 23.4 Å². The number of rotatable bonds is 3. The average molecular weight is 301 g/mol. The van der Waals surface area contributed by atoms with Crippen molar-refractivity contribution in [1.82, 2.24) is 9.55 Å². The summed E-state index contributed by atoms with van der Waals surface area (Å²) in [7, 11) is 0. The molecular weight excluding hydrogens is 286 g/mol. The first-order valence-corrected chi connectivity index (χ1v) is 7.69. The van der Waals surface area contributed by atoms with E-state index >= 15 is 0 Å². The van der Waals surface area contributed by atoms with Gasteiger partial charge in [0.25, 0.3) is 5.56 Å². The molecule has 1 amide bonds. The third-order valence-corrected chi connectivity index (χ3v) is 4.57. The van der Waals surface area contributed by atoms with E-state index in [9.17, 15) is 9.59 Å². The van der Waals surface area contributed by atoms with Crippen LogP contribution in [0.25, 0.3) is 0 Å². The molecule has 1 aliphatic heterocycles. The van der Waals surface area contributed by atoms with Gasteiger partial charge in [0, 0.05) is 30.1 Å². The van der Waals surface area contributed by atoms with Crippen LogP contribution in [0.2, 0.25) is 0 Å². The maximum absolute atomic E-state index is 12.2. The van der Waals surface area contributed by atoms with Crippen LogP contribution >= 0.6 is 11.8 Å². The van der Waals surface area contributed by atoms with Gasteiger partial charge in [0.15, 0.2) is 5.16 Å². The Hall–Kier alpha value is -2.08. The fourth-order valence-corrected chi connectivity index (χ4v) is 3.49. The van der Waals surface area contributed by atoms with Crippen LogP contribution in [-0.2, 0) is 4.79 Å². The number of anilines is 1. The van der Waals surface area contributed by atoms with E-state index in [-0.39, 0.29) is 23.9 Å². The summed E-state index contributed by atoms with van der Waals surface area (Å²) < 4.78 is 1.61. The third-order valence-electron chi connectivity index (χ3n) is 3.46. The normalized spacial score (nSPS) is 16.5. The van der Waals surface area contributed by atoms with Gasteiger partial charge >= 0.3 is 0 Å². The molecule has 2 aromatic rings. The molecule has 1 aromatic carbocycles. The monoisotopic (exact) mass is 301 g/mol. The van der Waals surface area contributed by atoms with E-state index in [1.54, 1.807) is 4.57 Å². The summed E-state index contributed by atoms with van der Waals surface area (Å²) in [5.41, 5.74) is 1.73. The highest BCUT2D eigenvalue weighted by Gasteiger charge is 2.26. The Labute approximate surface area is 126 Å². The van der Waals surface area contributed by atoms with Crippen molar-refractivity contribution in [3.8, 4) is 0 Å². The first-order valence-electron chi connectivity index (χ1n) is 6.71. The van der Waals surface area contributed by atoms with Crippen LogP contribution < -0.4 is 10.9 Å². The van der Waals surface area contributed by atoms with Gasteiger partial charge < -0.3 is 5.32 Å². The summed E-state index contributed by atoms with van der Waals surface area (Å²) in [6.07, 6.45) is 1.79. The summed E-state index contributed by atoms with van der Waals surface area (Å²) in [6, 6.07) is 8.94. The molecule has 2 heterocycles. The molecule has 0 bridgehead atoms. The number of aryl methyl sites for hydroxylation is 1. The van der Waals surface area contributed by atoms with E-state index in [2.05, 4.69) is 10.3 Å². The van der Waals surface area contributed by atoms with Gasteiger partial charge in [-0.3, -0.25) is 14.2 Å². The standard InChI is InChI=1S/C15H15N3O2S/c1-10-4-2-3-5-12(10)17-13(19)8-11-9-21-15-16-7-6-14(20)18(11)15/h2-7,11H,8-9H2,1H3,(H,17,19). The zero-order valence-electron chi connectivity index (χ0n) is 11.6. The average Bonchev–Trinajstić information content (AvgIpc) is 2.86. The van der Waals surface area contributed by atoms with Gasteiger partial charge in [0.2, 0.25) is 5.91 Å². The summed E-state index contributed by atoms with van der Waals surface area (Å²) in [6.45, 7) is 1.95. The Bertz CT molecular complexity index is 742. The third kappa shape index (κ3) is 2.85. The SMILES string of the molecule is Cc1ccccc1NC(=O)CC1CSc2nccc(=O)n21. The van der Waals surface area contributed by atoms with Gasteiger partial charge in [-0.2, -0.15) is 0 Å². The molecule has 0 aliphatic carbocycles. The lowest BCUT2D eigenvalue weighted by atomic mass is 10.1. The molecule has 0 fully saturated rings. The summed E-state index contributed by atoms with van der Waals surface area (Å²) in [4.78, 5) is 28.2. The number of benzene rings is 1. The molecule has 1 aromatic heterocycles. The summed E-state index contributed by atoms with van der Waals surface area (Å²) in [5, 5.41) is 3.59. The molecule has 0 saturated heterocycles. The highest BCUT2D eigenvalue weighted by molar-refractivity contribution is 7.99. The van der Waals surface area contributed by atoms with Gasteiger partial charge in [-0.1, -0.05) is 30.0 Å². The summed E-state index contributed by atoms with van der Waals surface area (Å²) in [5.74, 6) is 0.617. The van der Waals surface area contributed by atoms with Crippen molar-refractivity contribution < 1.29 is 4.79 Å². The topological polar surface area (TPSA) is 64.0 Å². The molecule has 0 spiro atoms. The van der Waals surface area contributed by atoms with Crippen molar-refractivity contribution in [3.63, 3.8) is 0 Å². The molecular formula is C15H15N3O2S. The molecule has 3 rings (SSSR count). The Balaban J connectivity index is 1.73. The molecule has 0 saturated carbocycles. The molecule has 1 N–H and O–H groups in total. The molecule has 1 unspecified atom stereocenters. The number of carbonyl (C=O) groups excluding carboxylic acids is 1. The number of nitrogens with zero attached hydrogens (tertiary/aromatic N) is 2. The number of fused-ring (bicyclic) bond motifs is 1. The maximum atomic E-state index is 12.2. The van der Waals surface area contributed by atoms with Crippen molar-refractivity contribution in [2.24, 2.45) is 0 Å². The lowest BCUT2D eigenvalue weighted by Gasteiger charge is -2.13. The van der Waals surface area contributed by atoms with Crippen molar-refractivity contribution in [2.75, 3.05) is 11.1 Å². The predicted octanol–water partition coefficient (Wildman–Crippen LogP) is 2.23. The predicted molar refractivity (Wildman–Crippen MR) is 82.7 cm³/mol. The fraction of sp³-hybridized carbons (Fsp3) is 0.267. The van der Waals surface area contributed by atoms with Crippen molar-refractivity contribution in [3.05, 3.63) is 52.4 Å². The Morgan fingerprint density at radius 2 is 2.24 bits per heavy atom. The second kappa shape index (κ2) is 5.73. The molecule has 1 aliphatic rings. The number of para-hydroxylation sites is 1.